The highest BCUT2D eigenvalue weighted by Crippen LogP contribution is 2.31. The van der Waals surface area contributed by atoms with E-state index in [2.05, 4.69) is 6.92 Å². The number of rotatable bonds is 8. The number of nitrogens with zero attached hydrogens (tertiary/aromatic N) is 2. The van der Waals surface area contributed by atoms with Crippen molar-refractivity contribution in [3.8, 4) is 11.5 Å². The molecule has 3 N–H and O–H groups in total. The molecule has 2 aliphatic heterocycles. The molecule has 2 fully saturated rings. The Hall–Kier alpha value is -3.17. The van der Waals surface area contributed by atoms with Gasteiger partial charge in [0.25, 0.3) is 5.91 Å². The molecule has 2 heterocycles. The third-order valence-electron chi connectivity index (χ3n) is 7.31. The number of amides is 2. The van der Waals surface area contributed by atoms with Gasteiger partial charge < -0.3 is 19.6 Å². The number of benzene rings is 2. The van der Waals surface area contributed by atoms with Gasteiger partial charge in [0, 0.05) is 62.3 Å². The van der Waals surface area contributed by atoms with Gasteiger partial charge in [-0.05, 0) is 61.6 Å². The molecule has 2 aliphatic rings. The molecule has 9 heteroatoms. The van der Waals surface area contributed by atoms with Crippen molar-refractivity contribution in [2.24, 2.45) is 11.8 Å². The number of hydrogen-bond donors (Lipinski definition) is 3. The molecule has 0 spiro atoms. The van der Waals surface area contributed by atoms with Crippen LogP contribution in [0.4, 0.5) is 0 Å². The second kappa shape index (κ2) is 15.0. The number of likely N-dealkylation sites (tertiary alicyclic amines) is 2. The van der Waals surface area contributed by atoms with Gasteiger partial charge in [0.15, 0.2) is 0 Å². The fraction of sp³-hybridized carbons (Fsp3) is 0.484. The predicted molar refractivity (Wildman–Crippen MR) is 162 cm³/mol. The summed E-state index contributed by atoms with van der Waals surface area (Å²) in [7, 11) is 1.00. The van der Waals surface area contributed by atoms with Crippen LogP contribution in [0.3, 0.4) is 0 Å². The maximum absolute atomic E-state index is 13.4. The summed E-state index contributed by atoms with van der Waals surface area (Å²) in [6.45, 7) is 8.80. The zero-order chi connectivity index (χ0) is 29.2. The predicted octanol–water partition coefficient (Wildman–Crippen LogP) is 6.16. The Kier molecular flexibility index (Phi) is 11.8. The number of aliphatic hydroxyl groups is 1. The van der Waals surface area contributed by atoms with Gasteiger partial charge >= 0.3 is 0 Å². The highest BCUT2D eigenvalue weighted by molar-refractivity contribution is 8.26. The third kappa shape index (κ3) is 8.17. The van der Waals surface area contributed by atoms with Crippen molar-refractivity contribution in [1.29, 1.82) is 10.8 Å². The average Bonchev–Trinajstić information content (AvgIpc) is 3.38. The minimum Gasteiger partial charge on any atom is -0.457 e. The third-order valence-corrected chi connectivity index (χ3v) is 8.44. The van der Waals surface area contributed by atoms with Gasteiger partial charge in [-0.3, -0.25) is 20.4 Å². The van der Waals surface area contributed by atoms with Crippen LogP contribution in [0.25, 0.3) is 0 Å². The molecule has 2 aromatic rings. The summed E-state index contributed by atoms with van der Waals surface area (Å²) in [5, 5.41) is 24.1. The summed E-state index contributed by atoms with van der Waals surface area (Å²) < 4.78 is 6.30. The van der Waals surface area contributed by atoms with Crippen molar-refractivity contribution in [2.75, 3.05) is 26.7 Å². The lowest BCUT2D eigenvalue weighted by Gasteiger charge is -2.32. The first-order valence-electron chi connectivity index (χ1n) is 14.0. The molecule has 0 radical (unpaired) electrons. The highest BCUT2D eigenvalue weighted by Gasteiger charge is 2.26. The minimum absolute atomic E-state index is 0.0187. The lowest BCUT2D eigenvalue weighted by molar-refractivity contribution is -0.128. The second-order valence-corrected chi connectivity index (χ2v) is 11.5. The van der Waals surface area contributed by atoms with Gasteiger partial charge in [0.05, 0.1) is 5.04 Å². The van der Waals surface area contributed by atoms with Crippen LogP contribution in [-0.2, 0) is 11.3 Å². The fourth-order valence-corrected chi connectivity index (χ4v) is 5.55. The van der Waals surface area contributed by atoms with Crippen molar-refractivity contribution in [1.82, 2.24) is 9.80 Å². The standard InChI is InChI=1S/C30H38N4O3S.CH4O/c1-4-21-7-5-16-34(18-21)30(36)23-9-10-24(19-33-15-6-8-27(33)35)26(17-23)37-25-13-11-22(12-14-25)29(32)38-28(31)20(2)3;1-2/h9-14,17,20-21,31-32H,4-8,15-16,18-19H2,1-3H3;2H,1H3. The van der Waals surface area contributed by atoms with E-state index in [0.29, 0.717) is 46.0 Å². The summed E-state index contributed by atoms with van der Waals surface area (Å²) in [5.41, 5.74) is 2.17. The van der Waals surface area contributed by atoms with Gasteiger partial charge in [-0.25, -0.2) is 0 Å². The quantitative estimate of drug-likeness (QED) is 0.261. The van der Waals surface area contributed by atoms with Crippen LogP contribution in [0, 0.1) is 22.7 Å². The average molecular weight is 567 g/mol. The molecular weight excluding hydrogens is 524 g/mol. The summed E-state index contributed by atoms with van der Waals surface area (Å²) in [6.07, 6.45) is 4.70. The monoisotopic (exact) mass is 566 g/mol. The first-order valence-corrected chi connectivity index (χ1v) is 14.8. The van der Waals surface area contributed by atoms with Crippen LogP contribution in [0.1, 0.15) is 74.4 Å². The summed E-state index contributed by atoms with van der Waals surface area (Å²) in [6, 6.07) is 12.8. The molecule has 2 amide bonds. The number of ether oxygens (including phenoxy) is 1. The van der Waals surface area contributed by atoms with Crippen molar-refractivity contribution < 1.29 is 19.4 Å². The first-order chi connectivity index (χ1) is 19.2. The van der Waals surface area contributed by atoms with E-state index < -0.39 is 0 Å². The molecule has 0 aromatic heterocycles. The molecule has 4 rings (SSSR count). The number of carbonyl (C=O) groups is 2. The number of carbonyl (C=O) groups excluding carboxylic acids is 2. The van der Waals surface area contributed by atoms with E-state index in [1.807, 2.05) is 54.0 Å². The number of aliphatic hydroxyl groups excluding tert-OH is 1. The van der Waals surface area contributed by atoms with E-state index in [9.17, 15) is 9.59 Å². The van der Waals surface area contributed by atoms with Gasteiger partial charge in [-0.1, -0.05) is 45.0 Å². The fourth-order valence-electron chi connectivity index (χ4n) is 4.84. The summed E-state index contributed by atoms with van der Waals surface area (Å²) in [5.74, 6) is 1.94. The summed E-state index contributed by atoms with van der Waals surface area (Å²) in [4.78, 5) is 29.5. The SMILES string of the molecule is CCC1CCCN(C(=O)c2ccc(CN3CCCC3=O)c(Oc3ccc(C(=N)SC(=N)C(C)C)cc3)c2)C1.CO. The molecule has 1 unspecified atom stereocenters. The minimum atomic E-state index is 0.0187. The molecule has 216 valence electrons. The first kappa shape index (κ1) is 31.4. The lowest BCUT2D eigenvalue weighted by Crippen LogP contribution is -2.39. The van der Waals surface area contributed by atoms with Crippen molar-refractivity contribution in [3.63, 3.8) is 0 Å². The van der Waals surface area contributed by atoms with Gasteiger partial charge in [-0.2, -0.15) is 0 Å². The Morgan fingerprint density at radius 2 is 1.77 bits per heavy atom. The molecule has 8 nitrogen and oxygen atoms in total. The number of hydrogen-bond acceptors (Lipinski definition) is 7. The van der Waals surface area contributed by atoms with Crippen LogP contribution in [0.5, 0.6) is 11.5 Å². The maximum Gasteiger partial charge on any atom is 0.253 e. The Morgan fingerprint density at radius 3 is 2.40 bits per heavy atom. The van der Waals surface area contributed by atoms with Gasteiger partial charge in [-0.15, -0.1) is 0 Å². The van der Waals surface area contributed by atoms with E-state index in [1.54, 1.807) is 12.1 Å². The highest BCUT2D eigenvalue weighted by atomic mass is 32.2. The molecule has 40 heavy (non-hydrogen) atoms. The molecule has 0 bridgehead atoms. The van der Waals surface area contributed by atoms with E-state index in [1.165, 1.54) is 6.42 Å². The van der Waals surface area contributed by atoms with Crippen LogP contribution in [0.15, 0.2) is 42.5 Å². The zero-order valence-electron chi connectivity index (χ0n) is 24.0. The summed E-state index contributed by atoms with van der Waals surface area (Å²) >= 11 is 1.16. The van der Waals surface area contributed by atoms with Crippen LogP contribution >= 0.6 is 11.8 Å². The van der Waals surface area contributed by atoms with Crippen molar-refractivity contribution >= 4 is 33.7 Å². The Morgan fingerprint density at radius 1 is 1.07 bits per heavy atom. The van der Waals surface area contributed by atoms with Crippen molar-refractivity contribution in [3.05, 3.63) is 59.2 Å². The van der Waals surface area contributed by atoms with Gasteiger partial charge in [0.1, 0.15) is 16.5 Å². The zero-order valence-corrected chi connectivity index (χ0v) is 24.9. The second-order valence-electron chi connectivity index (χ2n) is 10.5. The molecule has 0 aliphatic carbocycles. The Balaban J connectivity index is 0.00000216. The molecular formula is C31H42N4O4S. The Labute approximate surface area is 242 Å². The van der Waals surface area contributed by atoms with E-state index in [4.69, 9.17) is 20.7 Å². The smallest absolute Gasteiger partial charge is 0.253 e. The van der Waals surface area contributed by atoms with Crippen LogP contribution in [-0.4, -0.2) is 63.6 Å². The normalized spacial score (nSPS) is 16.9. The molecule has 1 atom stereocenters. The number of piperidine rings is 1. The van der Waals surface area contributed by atoms with Crippen LogP contribution in [0.2, 0.25) is 0 Å². The maximum atomic E-state index is 13.4. The molecule has 0 saturated carbocycles. The van der Waals surface area contributed by atoms with Crippen LogP contribution < -0.4 is 4.74 Å². The molecule has 2 aromatic carbocycles. The lowest BCUT2D eigenvalue weighted by atomic mass is 9.95. The van der Waals surface area contributed by atoms with Gasteiger partial charge in [0.2, 0.25) is 5.91 Å². The van der Waals surface area contributed by atoms with Crippen molar-refractivity contribution in [2.45, 2.75) is 59.4 Å². The number of nitrogens with one attached hydrogen (secondary N) is 2. The van der Waals surface area contributed by atoms with E-state index in [0.717, 1.165) is 68.9 Å². The molecule has 2 saturated heterocycles. The van der Waals surface area contributed by atoms with E-state index in [-0.39, 0.29) is 17.7 Å². The Bertz CT molecular complexity index is 1200. The largest absolute Gasteiger partial charge is 0.457 e. The van der Waals surface area contributed by atoms with E-state index >= 15 is 0 Å². The topological polar surface area (TPSA) is 118 Å². The number of thioether (sulfide) groups is 1.